The molecule has 0 saturated heterocycles. The molecule has 33 heavy (non-hydrogen) atoms. The second-order valence-electron chi connectivity index (χ2n) is 6.70. The molecular formula is C22H24ClNO9. The molecule has 0 bridgehead atoms. The lowest BCUT2D eigenvalue weighted by Crippen LogP contribution is -2.13. The minimum Gasteiger partial charge on any atom is -0.507 e. The van der Waals surface area contributed by atoms with Gasteiger partial charge in [-0.15, -0.1) is 6.58 Å². The molecule has 178 valence electrons. The molecule has 0 radical (unpaired) electrons. The Morgan fingerprint density at radius 2 is 1.76 bits per heavy atom. The van der Waals surface area contributed by atoms with Gasteiger partial charge in [-0.2, -0.15) is 0 Å². The highest BCUT2D eigenvalue weighted by Crippen LogP contribution is 2.44. The highest BCUT2D eigenvalue weighted by molar-refractivity contribution is 6.33. The van der Waals surface area contributed by atoms with Crippen molar-refractivity contribution in [3.63, 3.8) is 0 Å². The third kappa shape index (κ3) is 5.40. The van der Waals surface area contributed by atoms with E-state index in [2.05, 4.69) is 6.58 Å². The molecule has 10 nitrogen and oxygen atoms in total. The molecule has 0 spiro atoms. The molecule has 0 unspecified atom stereocenters. The van der Waals surface area contributed by atoms with E-state index in [-0.39, 0.29) is 69.8 Å². The number of phenolic OH excluding ortho intramolecular Hbond substituents is 2. The Hall–Kier alpha value is -3.66. The third-order valence-electron chi connectivity index (χ3n) is 4.81. The Bertz CT molecular complexity index is 1070. The number of halogens is 1. The molecule has 0 aliphatic carbocycles. The van der Waals surface area contributed by atoms with Gasteiger partial charge < -0.3 is 29.2 Å². The number of nitrogens with zero attached hydrogens (tertiary/aromatic N) is 1. The number of nitro groups is 1. The number of benzene rings is 2. The number of esters is 1. The van der Waals surface area contributed by atoms with Gasteiger partial charge in [0.2, 0.25) is 5.75 Å². The molecule has 2 aromatic rings. The summed E-state index contributed by atoms with van der Waals surface area (Å²) in [6.45, 7) is 3.37. The fourth-order valence-electron chi connectivity index (χ4n) is 3.34. The molecular weight excluding hydrogens is 458 g/mol. The monoisotopic (exact) mass is 481 g/mol. The Morgan fingerprint density at radius 1 is 1.09 bits per heavy atom. The average Bonchev–Trinajstić information content (AvgIpc) is 2.78. The minimum absolute atomic E-state index is 0.0231. The largest absolute Gasteiger partial charge is 0.507 e. The molecule has 0 amide bonds. The van der Waals surface area contributed by atoms with Crippen LogP contribution in [-0.2, 0) is 17.6 Å². The summed E-state index contributed by atoms with van der Waals surface area (Å²) in [6.07, 6.45) is 2.24. The predicted molar refractivity (Wildman–Crippen MR) is 120 cm³/mol. The lowest BCUT2D eigenvalue weighted by Gasteiger charge is -2.17. The summed E-state index contributed by atoms with van der Waals surface area (Å²) >= 11 is 6.13. The van der Waals surface area contributed by atoms with Gasteiger partial charge in [0, 0.05) is 12.5 Å². The maximum Gasteiger partial charge on any atom is 0.342 e. The second-order valence-corrected chi connectivity index (χ2v) is 7.07. The molecule has 0 aliphatic rings. The third-order valence-corrected chi connectivity index (χ3v) is 5.23. The van der Waals surface area contributed by atoms with Crippen LogP contribution in [0.2, 0.25) is 5.02 Å². The van der Waals surface area contributed by atoms with Gasteiger partial charge in [0.15, 0.2) is 11.5 Å². The number of allylic oxidation sites excluding steroid dienone is 1. The molecule has 0 heterocycles. The number of methoxy groups -OCH3 is 3. The van der Waals surface area contributed by atoms with Crippen molar-refractivity contribution in [2.45, 2.75) is 19.3 Å². The number of phenols is 2. The van der Waals surface area contributed by atoms with E-state index in [1.54, 1.807) is 6.08 Å². The summed E-state index contributed by atoms with van der Waals surface area (Å²) in [7, 11) is 3.97. The van der Waals surface area contributed by atoms with Crippen LogP contribution in [0.4, 0.5) is 5.69 Å². The van der Waals surface area contributed by atoms with Crippen molar-refractivity contribution in [1.29, 1.82) is 0 Å². The first-order valence-corrected chi connectivity index (χ1v) is 10.1. The van der Waals surface area contributed by atoms with Gasteiger partial charge in [-0.25, -0.2) is 4.79 Å². The van der Waals surface area contributed by atoms with Gasteiger partial charge in [0.05, 0.1) is 49.5 Å². The number of aromatic hydroxyl groups is 2. The number of carbonyl (C=O) groups excluding carboxylic acids is 1. The van der Waals surface area contributed by atoms with Crippen LogP contribution in [0.25, 0.3) is 0 Å². The van der Waals surface area contributed by atoms with Crippen LogP contribution in [0, 0.1) is 10.1 Å². The van der Waals surface area contributed by atoms with E-state index in [1.165, 1.54) is 27.4 Å². The molecule has 2 N–H and O–H groups in total. The summed E-state index contributed by atoms with van der Waals surface area (Å²) in [5.41, 5.74) is -0.0497. The smallest absolute Gasteiger partial charge is 0.342 e. The molecule has 2 rings (SSSR count). The summed E-state index contributed by atoms with van der Waals surface area (Å²) in [5, 5.41) is 31.5. The van der Waals surface area contributed by atoms with Crippen molar-refractivity contribution < 1.29 is 38.9 Å². The lowest BCUT2D eigenvalue weighted by atomic mass is 10.0. The molecule has 0 aromatic heterocycles. The van der Waals surface area contributed by atoms with E-state index in [1.807, 2.05) is 0 Å². The molecule has 0 atom stereocenters. The minimum atomic E-state index is -0.885. The summed E-state index contributed by atoms with van der Waals surface area (Å²) < 4.78 is 21.1. The summed E-state index contributed by atoms with van der Waals surface area (Å²) in [5.74, 6) is -1.50. The number of carbonyl (C=O) groups is 1. The highest BCUT2D eigenvalue weighted by atomic mass is 35.5. The number of hydrogen-bond acceptors (Lipinski definition) is 9. The van der Waals surface area contributed by atoms with Crippen LogP contribution in [0.5, 0.6) is 28.7 Å². The molecule has 2 aromatic carbocycles. The van der Waals surface area contributed by atoms with Gasteiger partial charge in [0.25, 0.3) is 0 Å². The second kappa shape index (κ2) is 11.3. The molecule has 11 heteroatoms. The normalized spacial score (nSPS) is 10.4. The SMILES string of the molecule is C=CCCc1c(Cl)c(O)cc(O)c1C(=O)OCCc1c(OC)c(OC)cc([N+](=O)[O-])c1OC. The van der Waals surface area contributed by atoms with Crippen LogP contribution in [0.3, 0.4) is 0 Å². The van der Waals surface area contributed by atoms with Gasteiger partial charge in [-0.05, 0) is 18.4 Å². The predicted octanol–water partition coefficient (Wildman–Crippen LogP) is 4.20. The lowest BCUT2D eigenvalue weighted by molar-refractivity contribution is -0.385. The number of hydrogen-bond donors (Lipinski definition) is 2. The molecule has 0 aliphatic heterocycles. The van der Waals surface area contributed by atoms with Gasteiger partial charge in [0.1, 0.15) is 17.1 Å². The van der Waals surface area contributed by atoms with Crippen LogP contribution in [0.15, 0.2) is 24.8 Å². The van der Waals surface area contributed by atoms with E-state index >= 15 is 0 Å². The van der Waals surface area contributed by atoms with Gasteiger partial charge in [-0.3, -0.25) is 10.1 Å². The Labute approximate surface area is 195 Å². The number of nitro benzene ring substituents is 1. The molecule has 0 fully saturated rings. The first-order valence-electron chi connectivity index (χ1n) is 9.69. The van der Waals surface area contributed by atoms with Crippen LogP contribution in [-0.4, -0.2) is 49.0 Å². The topological polar surface area (TPSA) is 138 Å². The van der Waals surface area contributed by atoms with Gasteiger partial charge in [-0.1, -0.05) is 17.7 Å². The van der Waals surface area contributed by atoms with E-state index in [0.717, 1.165) is 6.07 Å². The van der Waals surface area contributed by atoms with Crippen molar-refractivity contribution in [1.82, 2.24) is 0 Å². The average molecular weight is 482 g/mol. The fourth-order valence-corrected chi connectivity index (χ4v) is 3.58. The first kappa shape index (κ1) is 25.6. The van der Waals surface area contributed by atoms with Crippen molar-refractivity contribution in [2.24, 2.45) is 0 Å². The molecule has 0 saturated carbocycles. The van der Waals surface area contributed by atoms with Crippen molar-refractivity contribution in [2.75, 3.05) is 27.9 Å². The highest BCUT2D eigenvalue weighted by Gasteiger charge is 2.28. The summed E-state index contributed by atoms with van der Waals surface area (Å²) in [4.78, 5) is 23.6. The van der Waals surface area contributed by atoms with Crippen LogP contribution in [0.1, 0.15) is 27.9 Å². The zero-order chi connectivity index (χ0) is 24.7. The fraction of sp³-hybridized carbons (Fsp3) is 0.318. The Kier molecular flexibility index (Phi) is 8.75. The number of rotatable bonds is 11. The van der Waals surface area contributed by atoms with Crippen molar-refractivity contribution in [3.05, 3.63) is 56.6 Å². The summed E-state index contributed by atoms with van der Waals surface area (Å²) in [6, 6.07) is 2.13. The maximum absolute atomic E-state index is 12.8. The van der Waals surface area contributed by atoms with Crippen LogP contribution >= 0.6 is 11.6 Å². The Balaban J connectivity index is 2.37. The van der Waals surface area contributed by atoms with E-state index in [4.69, 9.17) is 30.5 Å². The van der Waals surface area contributed by atoms with E-state index in [9.17, 15) is 25.1 Å². The maximum atomic E-state index is 12.8. The number of ether oxygens (including phenoxy) is 4. The van der Waals surface area contributed by atoms with Crippen molar-refractivity contribution >= 4 is 23.3 Å². The first-order chi connectivity index (χ1) is 15.7. The zero-order valence-electron chi connectivity index (χ0n) is 18.3. The standard InChI is InChI=1S/C22H24ClNO9/c1-5-6-7-12-18(15(25)11-16(26)19(12)23)22(27)33-9-8-13-20(31-3)14(24(28)29)10-17(30-2)21(13)32-4/h5,10-11,25-26H,1,6-9H2,2-4H3. The quantitative estimate of drug-likeness (QED) is 0.209. The van der Waals surface area contributed by atoms with E-state index in [0.29, 0.717) is 6.42 Å². The van der Waals surface area contributed by atoms with E-state index < -0.39 is 16.6 Å². The van der Waals surface area contributed by atoms with Crippen LogP contribution < -0.4 is 14.2 Å². The van der Waals surface area contributed by atoms with Crippen molar-refractivity contribution in [3.8, 4) is 28.7 Å². The van der Waals surface area contributed by atoms with Gasteiger partial charge >= 0.3 is 11.7 Å². The zero-order valence-corrected chi connectivity index (χ0v) is 19.1. The Morgan fingerprint density at radius 3 is 2.30 bits per heavy atom.